The fraction of sp³-hybridized carbons (Fsp3) is 0.455. The van der Waals surface area contributed by atoms with Gasteiger partial charge in [0.25, 0.3) is 0 Å². The first-order chi connectivity index (χ1) is 6.81. The molecule has 0 bridgehead atoms. The van der Waals surface area contributed by atoms with Gasteiger partial charge in [0.2, 0.25) is 0 Å². The molecule has 1 aliphatic heterocycles. The minimum Gasteiger partial charge on any atom is -0.384 e. The summed E-state index contributed by atoms with van der Waals surface area (Å²) in [6.07, 6.45) is 1.24. The van der Waals surface area contributed by atoms with Gasteiger partial charge < -0.3 is 5.32 Å². The van der Waals surface area contributed by atoms with E-state index in [0.717, 1.165) is 17.8 Å². The van der Waals surface area contributed by atoms with Crippen molar-refractivity contribution in [1.82, 2.24) is 0 Å². The molecule has 0 fully saturated rings. The number of sulfone groups is 1. The second kappa shape index (κ2) is 3.93. The third-order valence-electron chi connectivity index (χ3n) is 2.87. The first-order valence-electron chi connectivity index (χ1n) is 4.89. The van der Waals surface area contributed by atoms with Crippen LogP contribution in [0.4, 0.5) is 5.69 Å². The molecule has 0 amide bonds. The Kier molecular flexibility index (Phi) is 3.27. The summed E-state index contributed by atoms with van der Waals surface area (Å²) < 4.78 is 22.8. The van der Waals surface area contributed by atoms with E-state index in [0.29, 0.717) is 4.90 Å². The summed E-state index contributed by atoms with van der Waals surface area (Å²) in [4.78, 5) is 0.401. The van der Waals surface area contributed by atoms with Gasteiger partial charge in [-0.2, -0.15) is 0 Å². The van der Waals surface area contributed by atoms with Crippen molar-refractivity contribution in [2.75, 3.05) is 18.1 Å². The maximum Gasteiger partial charge on any atom is 0.175 e. The van der Waals surface area contributed by atoms with Crippen molar-refractivity contribution >= 4 is 27.9 Å². The van der Waals surface area contributed by atoms with Gasteiger partial charge >= 0.3 is 0 Å². The third-order valence-corrected chi connectivity index (χ3v) is 3.98. The lowest BCUT2D eigenvalue weighted by atomic mass is 9.87. The van der Waals surface area contributed by atoms with Crippen molar-refractivity contribution in [3.05, 3.63) is 23.8 Å². The zero-order valence-corrected chi connectivity index (χ0v) is 11.2. The van der Waals surface area contributed by atoms with Crippen molar-refractivity contribution in [2.45, 2.75) is 24.2 Å². The molecule has 1 aromatic carbocycles. The van der Waals surface area contributed by atoms with Gasteiger partial charge in [0.05, 0.1) is 4.90 Å². The zero-order valence-electron chi connectivity index (χ0n) is 9.57. The van der Waals surface area contributed by atoms with Gasteiger partial charge in [-0.05, 0) is 23.8 Å². The molecule has 0 atom stereocenters. The van der Waals surface area contributed by atoms with Crippen LogP contribution in [0.3, 0.4) is 0 Å². The van der Waals surface area contributed by atoms with E-state index in [1.54, 1.807) is 12.1 Å². The van der Waals surface area contributed by atoms with E-state index in [1.165, 1.54) is 6.26 Å². The Bertz CT molecular complexity index is 509. The average Bonchev–Trinajstić information content (AvgIpc) is 2.41. The topological polar surface area (TPSA) is 46.2 Å². The Labute approximate surface area is 103 Å². The number of nitrogens with one attached hydrogen (secondary N) is 1. The van der Waals surface area contributed by atoms with Crippen LogP contribution in [0.15, 0.2) is 23.1 Å². The standard InChI is InChI=1S/C11H15NO2S.ClH/c1-11(2)7-12-10-5-4-8(6-9(10)11)15(3,13)14;/h4-6,12H,7H2,1-3H3;1H. The molecule has 1 heterocycles. The van der Waals surface area contributed by atoms with Crippen LogP contribution in [-0.4, -0.2) is 21.2 Å². The van der Waals surface area contributed by atoms with Crippen LogP contribution in [0.2, 0.25) is 0 Å². The molecule has 1 aliphatic rings. The molecule has 0 aliphatic carbocycles. The van der Waals surface area contributed by atoms with E-state index in [9.17, 15) is 8.42 Å². The maximum absolute atomic E-state index is 11.4. The summed E-state index contributed by atoms with van der Waals surface area (Å²) in [6, 6.07) is 5.29. The first-order valence-corrected chi connectivity index (χ1v) is 6.78. The molecule has 2 rings (SSSR count). The number of rotatable bonds is 1. The summed E-state index contributed by atoms with van der Waals surface area (Å²) in [6.45, 7) is 5.07. The van der Waals surface area contributed by atoms with Crippen molar-refractivity contribution in [2.24, 2.45) is 0 Å². The summed E-state index contributed by atoms with van der Waals surface area (Å²) in [5.41, 5.74) is 2.15. The molecule has 0 saturated heterocycles. The van der Waals surface area contributed by atoms with Gasteiger partial charge in [-0.15, -0.1) is 12.4 Å². The third kappa shape index (κ3) is 2.18. The highest BCUT2D eigenvalue weighted by atomic mass is 35.5. The lowest BCUT2D eigenvalue weighted by molar-refractivity contribution is 0.583. The monoisotopic (exact) mass is 261 g/mol. The second-order valence-electron chi connectivity index (χ2n) is 4.72. The Hall–Kier alpha value is -0.740. The molecule has 1 aromatic rings. The van der Waals surface area contributed by atoms with E-state index in [2.05, 4.69) is 19.2 Å². The molecular weight excluding hydrogens is 246 g/mol. The van der Waals surface area contributed by atoms with E-state index in [4.69, 9.17) is 0 Å². The normalized spacial score (nSPS) is 17.2. The van der Waals surface area contributed by atoms with Gasteiger partial charge in [-0.3, -0.25) is 0 Å². The largest absolute Gasteiger partial charge is 0.384 e. The highest BCUT2D eigenvalue weighted by Crippen LogP contribution is 2.37. The Morgan fingerprint density at radius 1 is 1.31 bits per heavy atom. The van der Waals surface area contributed by atoms with Crippen LogP contribution in [0, 0.1) is 0 Å². The summed E-state index contributed by atoms with van der Waals surface area (Å²) in [5.74, 6) is 0. The highest BCUT2D eigenvalue weighted by molar-refractivity contribution is 7.90. The molecule has 16 heavy (non-hydrogen) atoms. The summed E-state index contributed by atoms with van der Waals surface area (Å²) in [7, 11) is -3.10. The van der Waals surface area contributed by atoms with Gasteiger partial charge in [0.1, 0.15) is 0 Å². The van der Waals surface area contributed by atoms with Crippen molar-refractivity contribution < 1.29 is 8.42 Å². The maximum atomic E-state index is 11.4. The van der Waals surface area contributed by atoms with Crippen LogP contribution in [0.5, 0.6) is 0 Å². The number of fused-ring (bicyclic) bond motifs is 1. The number of hydrogen-bond donors (Lipinski definition) is 1. The van der Waals surface area contributed by atoms with Gasteiger partial charge in [-0.1, -0.05) is 13.8 Å². The minimum atomic E-state index is -3.10. The lowest BCUT2D eigenvalue weighted by Crippen LogP contribution is -2.19. The van der Waals surface area contributed by atoms with Crippen LogP contribution in [0.1, 0.15) is 19.4 Å². The number of anilines is 1. The Morgan fingerprint density at radius 2 is 1.94 bits per heavy atom. The fourth-order valence-electron chi connectivity index (χ4n) is 1.88. The molecule has 0 saturated carbocycles. The van der Waals surface area contributed by atoms with Crippen LogP contribution in [0.25, 0.3) is 0 Å². The molecule has 0 unspecified atom stereocenters. The van der Waals surface area contributed by atoms with Crippen LogP contribution >= 0.6 is 12.4 Å². The average molecular weight is 262 g/mol. The predicted octanol–water partition coefficient (Wildman–Crippen LogP) is 2.22. The molecular formula is C11H16ClNO2S. The zero-order chi connectivity index (χ0) is 11.3. The quantitative estimate of drug-likeness (QED) is 0.843. The smallest absolute Gasteiger partial charge is 0.175 e. The van der Waals surface area contributed by atoms with Crippen molar-refractivity contribution in [3.8, 4) is 0 Å². The number of halogens is 1. The first kappa shape index (κ1) is 13.3. The molecule has 3 nitrogen and oxygen atoms in total. The van der Waals surface area contributed by atoms with Gasteiger partial charge in [0, 0.05) is 23.9 Å². The number of benzene rings is 1. The van der Waals surface area contributed by atoms with E-state index in [-0.39, 0.29) is 17.8 Å². The highest BCUT2D eigenvalue weighted by Gasteiger charge is 2.30. The molecule has 90 valence electrons. The Morgan fingerprint density at radius 3 is 2.50 bits per heavy atom. The number of hydrogen-bond acceptors (Lipinski definition) is 3. The molecule has 0 spiro atoms. The minimum absolute atomic E-state index is 0. The second-order valence-corrected chi connectivity index (χ2v) is 6.73. The molecule has 5 heteroatoms. The summed E-state index contributed by atoms with van der Waals surface area (Å²) >= 11 is 0. The Balaban J connectivity index is 0.00000128. The molecule has 0 radical (unpaired) electrons. The predicted molar refractivity (Wildman–Crippen MR) is 68.3 cm³/mol. The molecule has 1 N–H and O–H groups in total. The van der Waals surface area contributed by atoms with Crippen LogP contribution in [-0.2, 0) is 15.3 Å². The van der Waals surface area contributed by atoms with Crippen LogP contribution < -0.4 is 5.32 Å². The van der Waals surface area contributed by atoms with E-state index in [1.807, 2.05) is 6.07 Å². The molecule has 0 aromatic heterocycles. The van der Waals surface area contributed by atoms with E-state index < -0.39 is 9.84 Å². The van der Waals surface area contributed by atoms with Crippen molar-refractivity contribution in [3.63, 3.8) is 0 Å². The van der Waals surface area contributed by atoms with Crippen molar-refractivity contribution in [1.29, 1.82) is 0 Å². The lowest BCUT2D eigenvalue weighted by Gasteiger charge is -2.17. The SMILES string of the molecule is CC1(C)CNc2ccc(S(C)(=O)=O)cc21.Cl. The van der Waals surface area contributed by atoms with E-state index >= 15 is 0 Å². The fourth-order valence-corrected chi connectivity index (χ4v) is 2.53. The van der Waals surface area contributed by atoms with Gasteiger partial charge in [0.15, 0.2) is 9.84 Å². The summed E-state index contributed by atoms with van der Waals surface area (Å²) in [5, 5.41) is 3.27. The van der Waals surface area contributed by atoms with Gasteiger partial charge in [-0.25, -0.2) is 8.42 Å².